The molecule has 0 radical (unpaired) electrons. The van der Waals surface area contributed by atoms with Gasteiger partial charge in [0.05, 0.1) is 0 Å². The van der Waals surface area contributed by atoms with E-state index in [1.54, 1.807) is 0 Å². The molecule has 1 saturated carbocycles. The summed E-state index contributed by atoms with van der Waals surface area (Å²) in [6.07, 6.45) is 5.39. The van der Waals surface area contributed by atoms with Crippen molar-refractivity contribution < 1.29 is 0 Å². The second-order valence-electron chi connectivity index (χ2n) is 3.95. The van der Waals surface area contributed by atoms with Gasteiger partial charge in [-0.2, -0.15) is 0 Å². The Morgan fingerprint density at radius 2 is 2.23 bits per heavy atom. The van der Waals surface area contributed by atoms with Gasteiger partial charge in [0, 0.05) is 4.88 Å². The van der Waals surface area contributed by atoms with E-state index in [1.165, 1.54) is 30.6 Å². The molecule has 72 valence electrons. The molecule has 1 heterocycles. The van der Waals surface area contributed by atoms with Gasteiger partial charge in [0.15, 0.2) is 0 Å². The second-order valence-corrected chi connectivity index (χ2v) is 4.98. The summed E-state index contributed by atoms with van der Waals surface area (Å²) in [6.45, 7) is 0.898. The summed E-state index contributed by atoms with van der Waals surface area (Å²) in [4.78, 5) is 1.53. The lowest BCUT2D eigenvalue weighted by atomic mass is 9.71. The average molecular weight is 195 g/mol. The predicted octanol–water partition coefficient (Wildman–Crippen LogP) is 2.67. The fraction of sp³-hybridized carbons (Fsp3) is 0.636. The first-order valence-electron chi connectivity index (χ1n) is 5.12. The molecule has 1 aromatic rings. The Hall–Kier alpha value is -0.340. The normalized spacial score (nSPS) is 27.2. The first-order chi connectivity index (χ1) is 6.40. The molecule has 2 heteroatoms. The van der Waals surface area contributed by atoms with E-state index in [4.69, 9.17) is 5.73 Å². The van der Waals surface area contributed by atoms with Crippen molar-refractivity contribution in [3.05, 3.63) is 22.4 Å². The quantitative estimate of drug-likeness (QED) is 0.785. The Balaban J connectivity index is 1.74. The van der Waals surface area contributed by atoms with Crippen molar-refractivity contribution in [2.45, 2.75) is 25.7 Å². The molecule has 2 rings (SSSR count). The lowest BCUT2D eigenvalue weighted by Crippen LogP contribution is -2.32. The van der Waals surface area contributed by atoms with Crippen LogP contribution in [0.15, 0.2) is 17.5 Å². The molecule has 0 aliphatic heterocycles. The van der Waals surface area contributed by atoms with Crippen molar-refractivity contribution in [1.82, 2.24) is 0 Å². The van der Waals surface area contributed by atoms with E-state index < -0.39 is 0 Å². The van der Waals surface area contributed by atoms with Crippen LogP contribution in [0.5, 0.6) is 0 Å². The average Bonchev–Trinajstić information content (AvgIpc) is 2.56. The highest BCUT2D eigenvalue weighted by atomic mass is 32.1. The molecule has 1 fully saturated rings. The second kappa shape index (κ2) is 4.25. The standard InChI is InChI=1S/C11H17NS/c12-8-10-4-3-9(10)5-6-11-2-1-7-13-11/h1-2,7,9-10H,3-6,8,12H2. The highest BCUT2D eigenvalue weighted by molar-refractivity contribution is 7.09. The molecule has 0 bridgehead atoms. The van der Waals surface area contributed by atoms with E-state index in [1.807, 2.05) is 11.3 Å². The van der Waals surface area contributed by atoms with Gasteiger partial charge in [-0.3, -0.25) is 0 Å². The van der Waals surface area contributed by atoms with Crippen molar-refractivity contribution in [3.8, 4) is 0 Å². The van der Waals surface area contributed by atoms with Crippen LogP contribution >= 0.6 is 11.3 Å². The molecule has 1 aliphatic rings. The summed E-state index contributed by atoms with van der Waals surface area (Å²) in [5, 5.41) is 2.16. The van der Waals surface area contributed by atoms with Crippen molar-refractivity contribution in [2.75, 3.05) is 6.54 Å². The molecule has 0 spiro atoms. The third kappa shape index (κ3) is 2.12. The van der Waals surface area contributed by atoms with E-state index in [0.717, 1.165) is 18.4 Å². The van der Waals surface area contributed by atoms with Gasteiger partial charge in [0.25, 0.3) is 0 Å². The fourth-order valence-electron chi connectivity index (χ4n) is 2.11. The van der Waals surface area contributed by atoms with Crippen LogP contribution in [0.25, 0.3) is 0 Å². The van der Waals surface area contributed by atoms with Crippen LogP contribution in [0.1, 0.15) is 24.1 Å². The van der Waals surface area contributed by atoms with Gasteiger partial charge < -0.3 is 5.73 Å². The van der Waals surface area contributed by atoms with Crippen LogP contribution in [-0.4, -0.2) is 6.54 Å². The first kappa shape index (κ1) is 9.22. The topological polar surface area (TPSA) is 26.0 Å². The molecule has 2 unspecified atom stereocenters. The number of hydrogen-bond donors (Lipinski definition) is 1. The number of hydrogen-bond acceptors (Lipinski definition) is 2. The number of rotatable bonds is 4. The minimum absolute atomic E-state index is 0.833. The molecule has 13 heavy (non-hydrogen) atoms. The predicted molar refractivity (Wildman–Crippen MR) is 57.9 cm³/mol. The SMILES string of the molecule is NCC1CCC1CCc1cccs1. The molecule has 0 saturated heterocycles. The summed E-state index contributed by atoms with van der Waals surface area (Å²) in [6, 6.07) is 4.38. The van der Waals surface area contributed by atoms with Gasteiger partial charge in [-0.25, -0.2) is 0 Å². The maximum absolute atomic E-state index is 5.68. The van der Waals surface area contributed by atoms with Crippen molar-refractivity contribution in [2.24, 2.45) is 17.6 Å². The molecule has 0 amide bonds. The van der Waals surface area contributed by atoms with E-state index in [2.05, 4.69) is 17.5 Å². The first-order valence-corrected chi connectivity index (χ1v) is 6.00. The smallest absolute Gasteiger partial charge is 0.00453 e. The van der Waals surface area contributed by atoms with Gasteiger partial charge in [-0.15, -0.1) is 11.3 Å². The highest BCUT2D eigenvalue weighted by Crippen LogP contribution is 2.36. The van der Waals surface area contributed by atoms with Gasteiger partial charge in [0.2, 0.25) is 0 Å². The van der Waals surface area contributed by atoms with E-state index >= 15 is 0 Å². The maximum atomic E-state index is 5.68. The largest absolute Gasteiger partial charge is 0.330 e. The van der Waals surface area contributed by atoms with E-state index in [-0.39, 0.29) is 0 Å². The minimum atomic E-state index is 0.833. The third-order valence-corrected chi connectivity index (χ3v) is 4.16. The van der Waals surface area contributed by atoms with Gasteiger partial charge in [-0.05, 0) is 55.5 Å². The summed E-state index contributed by atoms with van der Waals surface area (Å²) >= 11 is 1.88. The summed E-state index contributed by atoms with van der Waals surface area (Å²) < 4.78 is 0. The Morgan fingerprint density at radius 3 is 2.77 bits per heavy atom. The lowest BCUT2D eigenvalue weighted by molar-refractivity contribution is 0.172. The molecular weight excluding hydrogens is 178 g/mol. The number of aryl methyl sites for hydroxylation is 1. The molecular formula is C11H17NS. The Morgan fingerprint density at radius 1 is 1.38 bits per heavy atom. The fourth-order valence-corrected chi connectivity index (χ4v) is 2.84. The lowest BCUT2D eigenvalue weighted by Gasteiger charge is -2.35. The highest BCUT2D eigenvalue weighted by Gasteiger charge is 2.28. The molecule has 0 aromatic carbocycles. The number of thiophene rings is 1. The zero-order valence-corrected chi connectivity index (χ0v) is 8.72. The molecule has 1 aliphatic carbocycles. The summed E-state index contributed by atoms with van der Waals surface area (Å²) in [5.74, 6) is 1.76. The maximum Gasteiger partial charge on any atom is 0.00453 e. The Kier molecular flexibility index (Phi) is 3.01. The van der Waals surface area contributed by atoms with E-state index in [9.17, 15) is 0 Å². The molecule has 1 nitrogen and oxygen atoms in total. The van der Waals surface area contributed by atoms with Gasteiger partial charge >= 0.3 is 0 Å². The van der Waals surface area contributed by atoms with Crippen LogP contribution in [-0.2, 0) is 6.42 Å². The van der Waals surface area contributed by atoms with Crippen LogP contribution in [0.2, 0.25) is 0 Å². The monoisotopic (exact) mass is 195 g/mol. The molecule has 2 atom stereocenters. The zero-order chi connectivity index (χ0) is 9.10. The van der Waals surface area contributed by atoms with Crippen molar-refractivity contribution >= 4 is 11.3 Å². The molecule has 2 N–H and O–H groups in total. The van der Waals surface area contributed by atoms with Crippen molar-refractivity contribution in [1.29, 1.82) is 0 Å². The summed E-state index contributed by atoms with van der Waals surface area (Å²) in [5.41, 5.74) is 5.68. The minimum Gasteiger partial charge on any atom is -0.330 e. The van der Waals surface area contributed by atoms with Gasteiger partial charge in [0.1, 0.15) is 0 Å². The van der Waals surface area contributed by atoms with Gasteiger partial charge in [-0.1, -0.05) is 6.07 Å². The zero-order valence-electron chi connectivity index (χ0n) is 7.91. The molecule has 1 aromatic heterocycles. The van der Waals surface area contributed by atoms with Crippen LogP contribution < -0.4 is 5.73 Å². The Labute approximate surface area is 84.0 Å². The van der Waals surface area contributed by atoms with E-state index in [0.29, 0.717) is 0 Å². The Bertz CT molecular complexity index is 241. The van der Waals surface area contributed by atoms with Crippen LogP contribution in [0.4, 0.5) is 0 Å². The summed E-state index contributed by atoms with van der Waals surface area (Å²) in [7, 11) is 0. The number of nitrogens with two attached hydrogens (primary N) is 1. The van der Waals surface area contributed by atoms with Crippen molar-refractivity contribution in [3.63, 3.8) is 0 Å². The van der Waals surface area contributed by atoms with Crippen LogP contribution in [0, 0.1) is 11.8 Å². The van der Waals surface area contributed by atoms with Crippen LogP contribution in [0.3, 0.4) is 0 Å². The third-order valence-electron chi connectivity index (χ3n) is 3.22.